The highest BCUT2D eigenvalue weighted by molar-refractivity contribution is 7.89. The lowest BCUT2D eigenvalue weighted by molar-refractivity contribution is -0.138. The smallest absolute Gasteiger partial charge is 0.248 e. The highest BCUT2D eigenvalue weighted by atomic mass is 32.2. The lowest BCUT2D eigenvalue weighted by atomic mass is 9.91. The van der Waals surface area contributed by atoms with Gasteiger partial charge in [0.2, 0.25) is 21.9 Å². The minimum absolute atomic E-state index is 0.0336. The molecule has 1 amide bonds. The van der Waals surface area contributed by atoms with Crippen LogP contribution in [0.2, 0.25) is 0 Å². The number of halogens is 3. The van der Waals surface area contributed by atoms with E-state index >= 15 is 0 Å². The van der Waals surface area contributed by atoms with E-state index in [0.29, 0.717) is 12.2 Å². The van der Waals surface area contributed by atoms with Gasteiger partial charge in [-0.1, -0.05) is 0 Å². The van der Waals surface area contributed by atoms with E-state index in [1.54, 1.807) is 13.0 Å². The molecule has 0 aromatic carbocycles. The molecule has 2 heterocycles. The quantitative estimate of drug-likeness (QED) is 0.565. The van der Waals surface area contributed by atoms with Gasteiger partial charge in [-0.3, -0.25) is 4.79 Å². The average molecular weight is 505 g/mol. The van der Waals surface area contributed by atoms with Crippen LogP contribution in [-0.2, 0) is 14.8 Å². The normalized spacial score (nSPS) is 23.9. The maximum absolute atomic E-state index is 14.6. The van der Waals surface area contributed by atoms with Gasteiger partial charge >= 0.3 is 0 Å². The highest BCUT2D eigenvalue weighted by Crippen LogP contribution is 2.37. The van der Waals surface area contributed by atoms with Crippen LogP contribution in [0, 0.1) is 6.92 Å². The van der Waals surface area contributed by atoms with Crippen LogP contribution in [0.15, 0.2) is 17.0 Å². The molecule has 2 unspecified atom stereocenters. The topological polar surface area (TPSA) is 73.8 Å². The zero-order chi connectivity index (χ0) is 25.4. The predicted octanol–water partition coefficient (Wildman–Crippen LogP) is 3.76. The van der Waals surface area contributed by atoms with Crippen molar-refractivity contribution in [3.63, 3.8) is 0 Å². The lowest BCUT2D eigenvalue weighted by Crippen LogP contribution is -2.51. The van der Waals surface area contributed by atoms with Gasteiger partial charge in [-0.15, -0.1) is 0 Å². The van der Waals surface area contributed by atoms with Gasteiger partial charge in [0.25, 0.3) is 0 Å². The average Bonchev–Trinajstić information content (AvgIpc) is 3.15. The maximum atomic E-state index is 14.6. The number of sulfonamides is 1. The molecule has 34 heavy (non-hydrogen) atoms. The summed E-state index contributed by atoms with van der Waals surface area (Å²) >= 11 is 0. The van der Waals surface area contributed by atoms with E-state index < -0.39 is 46.7 Å². The molecule has 1 saturated carbocycles. The molecule has 2 aliphatic rings. The molecule has 3 rings (SSSR count). The molecule has 1 aliphatic carbocycles. The highest BCUT2D eigenvalue weighted by Gasteiger charge is 2.47. The second-order valence-corrected chi connectivity index (χ2v) is 11.5. The number of likely N-dealkylation sites (N-methyl/N-ethyl adjacent to an activating group) is 1. The number of aryl methyl sites for hydroxylation is 1. The summed E-state index contributed by atoms with van der Waals surface area (Å²) in [4.78, 5) is 20.9. The maximum Gasteiger partial charge on any atom is 0.248 e. The SMILES string of the molecule is CCN(c1nc(C)ccc1S(=O)(=O)N1CC(F)CC1C(=O)N(C)C1CCC(F)(F)CC1)C(C)C. The molecule has 0 spiro atoms. The Morgan fingerprint density at radius 1 is 1.26 bits per heavy atom. The van der Waals surface area contributed by atoms with Crippen molar-refractivity contribution in [3.8, 4) is 0 Å². The van der Waals surface area contributed by atoms with Crippen molar-refractivity contribution in [1.29, 1.82) is 0 Å². The summed E-state index contributed by atoms with van der Waals surface area (Å²) in [7, 11) is -2.77. The van der Waals surface area contributed by atoms with Crippen LogP contribution < -0.4 is 4.90 Å². The van der Waals surface area contributed by atoms with Gasteiger partial charge in [-0.2, -0.15) is 4.31 Å². The minimum Gasteiger partial charge on any atom is -0.353 e. The molecule has 1 aromatic heterocycles. The summed E-state index contributed by atoms with van der Waals surface area (Å²) in [6, 6.07) is 1.35. The number of hydrogen-bond donors (Lipinski definition) is 0. The molecule has 0 bridgehead atoms. The van der Waals surface area contributed by atoms with Gasteiger partial charge in [0, 0.05) is 57.2 Å². The summed E-state index contributed by atoms with van der Waals surface area (Å²) < 4.78 is 70.2. The molecule has 0 radical (unpaired) electrons. The molecule has 192 valence electrons. The third-order valence-electron chi connectivity index (χ3n) is 6.87. The molecule has 7 nitrogen and oxygen atoms in total. The largest absolute Gasteiger partial charge is 0.353 e. The van der Waals surface area contributed by atoms with Crippen molar-refractivity contribution < 1.29 is 26.4 Å². The Hall–Kier alpha value is -1.88. The summed E-state index contributed by atoms with van der Waals surface area (Å²) in [5.41, 5.74) is 0.638. The molecule has 2 fully saturated rings. The van der Waals surface area contributed by atoms with Crippen LogP contribution in [0.25, 0.3) is 0 Å². The Balaban J connectivity index is 1.93. The third kappa shape index (κ3) is 5.35. The summed E-state index contributed by atoms with van der Waals surface area (Å²) in [6.45, 7) is 7.58. The van der Waals surface area contributed by atoms with E-state index in [9.17, 15) is 26.4 Å². The van der Waals surface area contributed by atoms with Crippen LogP contribution in [0.5, 0.6) is 0 Å². The summed E-state index contributed by atoms with van der Waals surface area (Å²) in [5.74, 6) is -3.03. The van der Waals surface area contributed by atoms with Gasteiger partial charge in [-0.25, -0.2) is 26.6 Å². The van der Waals surface area contributed by atoms with Crippen LogP contribution in [0.3, 0.4) is 0 Å². The number of carbonyl (C=O) groups is 1. The van der Waals surface area contributed by atoms with Crippen molar-refractivity contribution in [1.82, 2.24) is 14.2 Å². The third-order valence-corrected chi connectivity index (χ3v) is 8.77. The number of amides is 1. The van der Waals surface area contributed by atoms with Crippen molar-refractivity contribution in [2.75, 3.05) is 25.0 Å². The molecule has 1 aliphatic heterocycles. The number of aromatic nitrogens is 1. The zero-order valence-electron chi connectivity index (χ0n) is 20.5. The Kier molecular flexibility index (Phi) is 7.86. The fraction of sp³-hybridized carbons (Fsp3) is 0.739. The molecule has 0 N–H and O–H groups in total. The van der Waals surface area contributed by atoms with Crippen LogP contribution in [0.1, 0.15) is 58.6 Å². The van der Waals surface area contributed by atoms with Crippen LogP contribution >= 0.6 is 0 Å². The second-order valence-electron chi connectivity index (χ2n) is 9.61. The van der Waals surface area contributed by atoms with E-state index in [0.717, 1.165) is 4.31 Å². The number of anilines is 1. The number of alkyl halides is 3. The molecule has 2 atom stereocenters. The van der Waals surface area contributed by atoms with E-state index in [2.05, 4.69) is 4.98 Å². The van der Waals surface area contributed by atoms with Gasteiger partial charge in [0.05, 0.1) is 0 Å². The monoisotopic (exact) mass is 504 g/mol. The first-order chi connectivity index (χ1) is 15.8. The summed E-state index contributed by atoms with van der Waals surface area (Å²) in [6.07, 6.45) is -2.16. The fourth-order valence-corrected chi connectivity index (χ4v) is 6.65. The number of hydrogen-bond acceptors (Lipinski definition) is 5. The zero-order valence-corrected chi connectivity index (χ0v) is 21.3. The van der Waals surface area contributed by atoms with Crippen molar-refractivity contribution in [2.45, 2.75) is 94.9 Å². The van der Waals surface area contributed by atoms with Crippen molar-refractivity contribution >= 4 is 21.7 Å². The number of nitrogens with zero attached hydrogens (tertiary/aromatic N) is 4. The van der Waals surface area contributed by atoms with E-state index in [1.807, 2.05) is 25.7 Å². The molecule has 11 heteroatoms. The number of carbonyl (C=O) groups excluding carboxylic acids is 1. The number of pyridine rings is 1. The van der Waals surface area contributed by atoms with Crippen LogP contribution in [-0.4, -0.2) is 78.9 Å². The van der Waals surface area contributed by atoms with E-state index in [-0.39, 0.29) is 48.9 Å². The first-order valence-corrected chi connectivity index (χ1v) is 13.3. The fourth-order valence-electron chi connectivity index (χ4n) is 4.90. The standard InChI is InChI=1S/C23H35F3N4O3S/c1-6-29(15(2)3)21-20(8-7-16(4)27-21)34(32,33)30-14-17(24)13-19(30)22(31)28(5)18-9-11-23(25,26)12-10-18/h7-8,15,17-19H,6,9-14H2,1-5H3. The first-order valence-electron chi connectivity index (χ1n) is 11.8. The van der Waals surface area contributed by atoms with E-state index in [4.69, 9.17) is 0 Å². The molecular weight excluding hydrogens is 469 g/mol. The van der Waals surface area contributed by atoms with Crippen molar-refractivity contribution in [3.05, 3.63) is 17.8 Å². The molecular formula is C23H35F3N4O3S. The second kappa shape index (κ2) is 10.0. The molecule has 1 aromatic rings. The minimum atomic E-state index is -4.26. The Bertz CT molecular complexity index is 995. The first kappa shape index (κ1) is 26.7. The lowest BCUT2D eigenvalue weighted by Gasteiger charge is -2.37. The van der Waals surface area contributed by atoms with Crippen LogP contribution in [0.4, 0.5) is 19.0 Å². The molecule has 1 saturated heterocycles. The van der Waals surface area contributed by atoms with Gasteiger partial charge in [0.15, 0.2) is 0 Å². The van der Waals surface area contributed by atoms with Crippen molar-refractivity contribution in [2.24, 2.45) is 0 Å². The Labute approximate surface area is 200 Å². The van der Waals surface area contributed by atoms with E-state index in [1.165, 1.54) is 18.0 Å². The van der Waals surface area contributed by atoms with Gasteiger partial charge < -0.3 is 9.80 Å². The Morgan fingerprint density at radius 2 is 1.88 bits per heavy atom. The Morgan fingerprint density at radius 3 is 2.44 bits per heavy atom. The van der Waals surface area contributed by atoms with Gasteiger partial charge in [0.1, 0.15) is 22.9 Å². The number of rotatable bonds is 7. The van der Waals surface area contributed by atoms with Gasteiger partial charge in [-0.05, 0) is 52.7 Å². The predicted molar refractivity (Wildman–Crippen MR) is 124 cm³/mol. The summed E-state index contributed by atoms with van der Waals surface area (Å²) in [5, 5.41) is 0.